The van der Waals surface area contributed by atoms with Gasteiger partial charge >= 0.3 is 0 Å². The summed E-state index contributed by atoms with van der Waals surface area (Å²) >= 11 is 0. The van der Waals surface area contributed by atoms with Crippen molar-refractivity contribution >= 4 is 17.5 Å². The molecule has 1 aromatic carbocycles. The number of hydrogen-bond donors (Lipinski definition) is 2. The summed E-state index contributed by atoms with van der Waals surface area (Å²) in [6.45, 7) is 4.08. The average Bonchev–Trinajstić information content (AvgIpc) is 2.80. The quantitative estimate of drug-likeness (QED) is 0.634. The topological polar surface area (TPSA) is 87.6 Å². The Kier molecular flexibility index (Phi) is 6.43. The van der Waals surface area contributed by atoms with Crippen LogP contribution in [0.15, 0.2) is 60.9 Å². The maximum absolute atomic E-state index is 12.6. The minimum Gasteiger partial charge on any atom is -0.494 e. The fraction of sp³-hybridized carbons (Fsp3) is 0.292. The molecule has 0 bridgehead atoms. The van der Waals surface area contributed by atoms with E-state index in [4.69, 9.17) is 4.74 Å². The summed E-state index contributed by atoms with van der Waals surface area (Å²) in [6.07, 6.45) is 4.75. The van der Waals surface area contributed by atoms with Crippen LogP contribution in [0.5, 0.6) is 5.75 Å². The van der Waals surface area contributed by atoms with Crippen LogP contribution in [0.25, 0.3) is 11.1 Å². The molecule has 0 unspecified atom stereocenters. The number of aliphatic hydroxyl groups excluding tert-OH is 1. The number of aromatic nitrogens is 2. The Labute approximate surface area is 181 Å². The molecule has 2 N–H and O–H groups in total. The van der Waals surface area contributed by atoms with E-state index < -0.39 is 0 Å². The lowest BCUT2D eigenvalue weighted by molar-refractivity contribution is 0.102. The highest BCUT2D eigenvalue weighted by Gasteiger charge is 2.18. The van der Waals surface area contributed by atoms with E-state index in [1.54, 1.807) is 36.7 Å². The molecular weight excluding hydrogens is 392 g/mol. The molecule has 4 rings (SSSR count). The third kappa shape index (κ3) is 5.19. The molecule has 31 heavy (non-hydrogen) atoms. The zero-order chi connectivity index (χ0) is 21.6. The fourth-order valence-electron chi connectivity index (χ4n) is 3.60. The molecule has 0 spiro atoms. The standard InChI is InChI=1S/C24H26N4O3/c1-2-31-21-5-3-17(4-6-21)24(30)27-22-15-18(7-11-25-22)19-8-12-26-23(16-19)28-13-9-20(29)10-14-28/h3-8,11-12,15-16,20,29H,2,9-10,13-14H2,1H3,(H,25,27,30). The van der Waals surface area contributed by atoms with Crippen LogP contribution in [-0.2, 0) is 0 Å². The molecule has 0 saturated carbocycles. The van der Waals surface area contributed by atoms with Crippen LogP contribution in [0.2, 0.25) is 0 Å². The van der Waals surface area contributed by atoms with Gasteiger partial charge < -0.3 is 20.1 Å². The minimum absolute atomic E-state index is 0.221. The highest BCUT2D eigenvalue weighted by Crippen LogP contribution is 2.26. The van der Waals surface area contributed by atoms with Crippen molar-refractivity contribution < 1.29 is 14.6 Å². The first-order chi connectivity index (χ1) is 15.1. The maximum Gasteiger partial charge on any atom is 0.256 e. The van der Waals surface area contributed by atoms with Gasteiger partial charge in [-0.3, -0.25) is 4.79 Å². The smallest absolute Gasteiger partial charge is 0.256 e. The molecular formula is C24H26N4O3. The number of nitrogens with zero attached hydrogens (tertiary/aromatic N) is 3. The number of benzene rings is 1. The second-order valence-corrected chi connectivity index (χ2v) is 7.46. The van der Waals surface area contributed by atoms with Gasteiger partial charge in [0.2, 0.25) is 0 Å². The average molecular weight is 418 g/mol. The van der Waals surface area contributed by atoms with Crippen LogP contribution in [0.3, 0.4) is 0 Å². The molecule has 0 atom stereocenters. The first-order valence-corrected chi connectivity index (χ1v) is 10.5. The Morgan fingerprint density at radius 1 is 1.06 bits per heavy atom. The minimum atomic E-state index is -0.227. The Morgan fingerprint density at radius 2 is 1.74 bits per heavy atom. The maximum atomic E-state index is 12.6. The van der Waals surface area contributed by atoms with E-state index in [2.05, 4.69) is 20.2 Å². The summed E-state index contributed by atoms with van der Waals surface area (Å²) in [7, 11) is 0. The third-order valence-electron chi connectivity index (χ3n) is 5.30. The summed E-state index contributed by atoms with van der Waals surface area (Å²) in [5.74, 6) is 1.88. The van der Waals surface area contributed by atoms with Gasteiger partial charge in [0.15, 0.2) is 0 Å². The summed E-state index contributed by atoms with van der Waals surface area (Å²) in [5, 5.41) is 12.6. The van der Waals surface area contributed by atoms with Crippen molar-refractivity contribution in [1.82, 2.24) is 9.97 Å². The Morgan fingerprint density at radius 3 is 2.45 bits per heavy atom. The number of hydrogen-bond acceptors (Lipinski definition) is 6. The molecule has 0 aliphatic carbocycles. The lowest BCUT2D eigenvalue weighted by atomic mass is 10.1. The van der Waals surface area contributed by atoms with Gasteiger partial charge in [0, 0.05) is 31.0 Å². The second-order valence-electron chi connectivity index (χ2n) is 7.46. The predicted molar refractivity (Wildman–Crippen MR) is 120 cm³/mol. The van der Waals surface area contributed by atoms with Gasteiger partial charge in [-0.1, -0.05) is 0 Å². The van der Waals surface area contributed by atoms with E-state index in [9.17, 15) is 9.90 Å². The molecule has 3 heterocycles. The fourth-order valence-corrected chi connectivity index (χ4v) is 3.60. The molecule has 1 aliphatic rings. The van der Waals surface area contributed by atoms with Crippen molar-refractivity contribution in [1.29, 1.82) is 0 Å². The van der Waals surface area contributed by atoms with Crippen molar-refractivity contribution in [2.24, 2.45) is 0 Å². The van der Waals surface area contributed by atoms with Gasteiger partial charge in [0.25, 0.3) is 5.91 Å². The van der Waals surface area contributed by atoms with Crippen LogP contribution in [0.1, 0.15) is 30.1 Å². The van der Waals surface area contributed by atoms with E-state index >= 15 is 0 Å². The van der Waals surface area contributed by atoms with Crippen molar-refractivity contribution in [2.75, 3.05) is 29.9 Å². The van der Waals surface area contributed by atoms with Crippen molar-refractivity contribution in [3.05, 3.63) is 66.5 Å². The molecule has 1 amide bonds. The summed E-state index contributed by atoms with van der Waals surface area (Å²) in [5.41, 5.74) is 2.47. The first-order valence-electron chi connectivity index (χ1n) is 10.5. The number of piperidine rings is 1. The molecule has 3 aromatic rings. The molecule has 1 aliphatic heterocycles. The van der Waals surface area contributed by atoms with Crippen LogP contribution in [-0.4, -0.2) is 46.8 Å². The van der Waals surface area contributed by atoms with Crippen LogP contribution in [0.4, 0.5) is 11.6 Å². The van der Waals surface area contributed by atoms with Crippen molar-refractivity contribution in [3.63, 3.8) is 0 Å². The van der Waals surface area contributed by atoms with Crippen molar-refractivity contribution in [2.45, 2.75) is 25.9 Å². The molecule has 7 nitrogen and oxygen atoms in total. The lowest BCUT2D eigenvalue weighted by Crippen LogP contribution is -2.36. The van der Waals surface area contributed by atoms with Gasteiger partial charge in [0.05, 0.1) is 12.7 Å². The number of aliphatic hydroxyl groups is 1. The molecule has 0 radical (unpaired) electrons. The summed E-state index contributed by atoms with van der Waals surface area (Å²) < 4.78 is 5.42. The first kappa shape index (κ1) is 20.8. The zero-order valence-corrected chi connectivity index (χ0v) is 17.5. The Balaban J connectivity index is 1.48. The number of pyridine rings is 2. The van der Waals surface area contributed by atoms with Gasteiger partial charge in [-0.2, -0.15) is 0 Å². The van der Waals surface area contributed by atoms with Gasteiger partial charge in [-0.05, 0) is 79.4 Å². The van der Waals surface area contributed by atoms with E-state index in [1.807, 2.05) is 31.2 Å². The number of rotatable bonds is 6. The molecule has 7 heteroatoms. The molecule has 2 aromatic heterocycles. The van der Waals surface area contributed by atoms with E-state index in [0.29, 0.717) is 18.0 Å². The van der Waals surface area contributed by atoms with Crippen LogP contribution < -0.4 is 15.0 Å². The number of carbonyl (C=O) groups excluding carboxylic acids is 1. The Bertz CT molecular complexity index is 1030. The van der Waals surface area contributed by atoms with Gasteiger partial charge in [0.1, 0.15) is 17.4 Å². The van der Waals surface area contributed by atoms with Gasteiger partial charge in [-0.15, -0.1) is 0 Å². The number of carbonyl (C=O) groups is 1. The zero-order valence-electron chi connectivity index (χ0n) is 17.5. The summed E-state index contributed by atoms with van der Waals surface area (Å²) in [4.78, 5) is 23.6. The number of nitrogens with one attached hydrogen (secondary N) is 1. The van der Waals surface area contributed by atoms with Crippen LogP contribution >= 0.6 is 0 Å². The third-order valence-corrected chi connectivity index (χ3v) is 5.30. The van der Waals surface area contributed by atoms with E-state index in [1.165, 1.54) is 0 Å². The SMILES string of the molecule is CCOc1ccc(C(=O)Nc2cc(-c3ccnc(N4CCC(O)CC4)c3)ccn2)cc1. The summed E-state index contributed by atoms with van der Waals surface area (Å²) in [6, 6.07) is 14.8. The predicted octanol–water partition coefficient (Wildman–Crippen LogP) is 3.76. The van der Waals surface area contributed by atoms with Crippen molar-refractivity contribution in [3.8, 4) is 16.9 Å². The van der Waals surface area contributed by atoms with Crippen LogP contribution in [0, 0.1) is 0 Å². The number of anilines is 2. The normalized spacial score (nSPS) is 14.3. The number of amides is 1. The number of ether oxygens (including phenoxy) is 1. The molecule has 160 valence electrons. The molecule has 1 fully saturated rings. The van der Waals surface area contributed by atoms with E-state index in [0.717, 1.165) is 48.6 Å². The monoisotopic (exact) mass is 418 g/mol. The Hall–Kier alpha value is -3.45. The van der Waals surface area contributed by atoms with Gasteiger partial charge in [-0.25, -0.2) is 9.97 Å². The highest BCUT2D eigenvalue weighted by atomic mass is 16.5. The lowest BCUT2D eigenvalue weighted by Gasteiger charge is -2.30. The second kappa shape index (κ2) is 9.57. The molecule has 1 saturated heterocycles. The van der Waals surface area contributed by atoms with E-state index in [-0.39, 0.29) is 12.0 Å². The highest BCUT2D eigenvalue weighted by molar-refractivity contribution is 6.04. The largest absolute Gasteiger partial charge is 0.494 e.